The lowest BCUT2D eigenvalue weighted by atomic mass is 10.1. The maximum Gasteiger partial charge on any atom is 0.222 e. The van der Waals surface area contributed by atoms with Crippen LogP contribution in [0.15, 0.2) is 60.8 Å². The molecule has 128 valence electrons. The van der Waals surface area contributed by atoms with Gasteiger partial charge in [-0.15, -0.1) is 5.10 Å². The zero-order valence-corrected chi connectivity index (χ0v) is 14.6. The number of nitrogens with one attached hydrogen (secondary N) is 1. The first-order chi connectivity index (χ1) is 12.8. The molecular formula is C18H14ClN7. The number of tetrazole rings is 1. The number of aromatic nitrogens is 6. The van der Waals surface area contributed by atoms with Gasteiger partial charge in [-0.3, -0.25) is 0 Å². The first-order valence-electron chi connectivity index (χ1n) is 7.91. The van der Waals surface area contributed by atoms with E-state index in [0.717, 1.165) is 16.8 Å². The monoisotopic (exact) mass is 363 g/mol. The summed E-state index contributed by atoms with van der Waals surface area (Å²) < 4.78 is 1.66. The molecule has 0 spiro atoms. The molecule has 4 rings (SSSR count). The van der Waals surface area contributed by atoms with Crippen molar-refractivity contribution in [1.29, 1.82) is 0 Å². The molecule has 0 bridgehead atoms. The summed E-state index contributed by atoms with van der Waals surface area (Å²) in [4.78, 5) is 8.94. The molecule has 0 unspecified atom stereocenters. The summed E-state index contributed by atoms with van der Waals surface area (Å²) in [6.07, 6.45) is 1.72. The molecular weight excluding hydrogens is 350 g/mol. The van der Waals surface area contributed by atoms with Crippen LogP contribution in [0.2, 0.25) is 5.02 Å². The smallest absolute Gasteiger partial charge is 0.222 e. The van der Waals surface area contributed by atoms with Crippen LogP contribution < -0.4 is 5.32 Å². The average Bonchev–Trinajstić information content (AvgIpc) is 3.18. The number of hydrogen-bond acceptors (Lipinski definition) is 6. The SMILES string of the molecule is CNc1ncc(-c2nnnn2-c2ccccc2)c(-c2ccc(Cl)cc2)n1. The van der Waals surface area contributed by atoms with Crippen LogP contribution in [0.5, 0.6) is 0 Å². The Balaban J connectivity index is 1.91. The van der Waals surface area contributed by atoms with E-state index in [0.29, 0.717) is 22.5 Å². The number of halogens is 1. The highest BCUT2D eigenvalue weighted by Crippen LogP contribution is 2.31. The molecule has 4 aromatic rings. The minimum atomic E-state index is 0.512. The van der Waals surface area contributed by atoms with Crippen LogP contribution in [-0.4, -0.2) is 37.2 Å². The van der Waals surface area contributed by atoms with Crippen LogP contribution in [-0.2, 0) is 0 Å². The average molecular weight is 364 g/mol. The number of benzene rings is 2. The summed E-state index contributed by atoms with van der Waals surface area (Å²) in [6.45, 7) is 0. The molecule has 2 aromatic heterocycles. The molecule has 0 fully saturated rings. The highest BCUT2D eigenvalue weighted by Gasteiger charge is 2.18. The van der Waals surface area contributed by atoms with Crippen LogP contribution in [0, 0.1) is 0 Å². The second-order valence-electron chi connectivity index (χ2n) is 5.46. The fraction of sp³-hybridized carbons (Fsp3) is 0.0556. The van der Waals surface area contributed by atoms with Gasteiger partial charge in [0.05, 0.1) is 16.9 Å². The third-order valence-electron chi connectivity index (χ3n) is 3.84. The largest absolute Gasteiger partial charge is 0.357 e. The lowest BCUT2D eigenvalue weighted by Gasteiger charge is -2.10. The second kappa shape index (κ2) is 6.89. The summed E-state index contributed by atoms with van der Waals surface area (Å²) in [5.74, 6) is 1.07. The minimum Gasteiger partial charge on any atom is -0.357 e. The third-order valence-corrected chi connectivity index (χ3v) is 4.09. The predicted molar refractivity (Wildman–Crippen MR) is 100 cm³/mol. The Hall–Kier alpha value is -3.32. The van der Waals surface area contributed by atoms with Gasteiger partial charge in [-0.1, -0.05) is 41.9 Å². The van der Waals surface area contributed by atoms with E-state index in [2.05, 4.69) is 30.8 Å². The van der Waals surface area contributed by atoms with Crippen molar-refractivity contribution in [2.75, 3.05) is 12.4 Å². The molecule has 26 heavy (non-hydrogen) atoms. The van der Waals surface area contributed by atoms with Gasteiger partial charge in [0, 0.05) is 23.8 Å². The van der Waals surface area contributed by atoms with Crippen LogP contribution in [0.1, 0.15) is 0 Å². The molecule has 0 aliphatic heterocycles. The molecule has 0 saturated carbocycles. The van der Waals surface area contributed by atoms with E-state index in [4.69, 9.17) is 11.6 Å². The fourth-order valence-corrected chi connectivity index (χ4v) is 2.72. The van der Waals surface area contributed by atoms with Crippen molar-refractivity contribution in [1.82, 2.24) is 30.2 Å². The maximum atomic E-state index is 6.02. The van der Waals surface area contributed by atoms with E-state index >= 15 is 0 Å². The molecule has 0 aliphatic rings. The summed E-state index contributed by atoms with van der Waals surface area (Å²) in [6, 6.07) is 17.1. The minimum absolute atomic E-state index is 0.512. The Morgan fingerprint density at radius 3 is 2.50 bits per heavy atom. The summed E-state index contributed by atoms with van der Waals surface area (Å²) >= 11 is 6.02. The third kappa shape index (κ3) is 3.00. The topological polar surface area (TPSA) is 81.4 Å². The van der Waals surface area contributed by atoms with Crippen molar-refractivity contribution >= 4 is 17.5 Å². The Labute approximate surface area is 154 Å². The predicted octanol–water partition coefficient (Wildman–Crippen LogP) is 3.48. The zero-order chi connectivity index (χ0) is 17.9. The van der Waals surface area contributed by atoms with E-state index in [9.17, 15) is 0 Å². The van der Waals surface area contributed by atoms with Gasteiger partial charge in [-0.25, -0.2) is 9.97 Å². The van der Waals surface area contributed by atoms with Crippen molar-refractivity contribution in [2.24, 2.45) is 0 Å². The molecule has 8 heteroatoms. The lowest BCUT2D eigenvalue weighted by molar-refractivity contribution is 0.791. The maximum absolute atomic E-state index is 6.02. The van der Waals surface area contributed by atoms with E-state index in [-0.39, 0.29) is 0 Å². The highest BCUT2D eigenvalue weighted by molar-refractivity contribution is 6.30. The number of rotatable bonds is 4. The number of para-hydroxylation sites is 1. The molecule has 7 nitrogen and oxygen atoms in total. The van der Waals surface area contributed by atoms with Gasteiger partial charge in [0.15, 0.2) is 5.82 Å². The van der Waals surface area contributed by atoms with Crippen molar-refractivity contribution in [3.63, 3.8) is 0 Å². The highest BCUT2D eigenvalue weighted by atomic mass is 35.5. The summed E-state index contributed by atoms with van der Waals surface area (Å²) in [5, 5.41) is 15.8. The summed E-state index contributed by atoms with van der Waals surface area (Å²) in [7, 11) is 1.77. The molecule has 0 amide bonds. The Morgan fingerprint density at radius 1 is 1.00 bits per heavy atom. The zero-order valence-electron chi connectivity index (χ0n) is 13.8. The normalized spacial score (nSPS) is 10.7. The molecule has 1 N–H and O–H groups in total. The van der Waals surface area contributed by atoms with Crippen LogP contribution >= 0.6 is 11.6 Å². The quantitative estimate of drug-likeness (QED) is 0.597. The van der Waals surface area contributed by atoms with Gasteiger partial charge in [0.2, 0.25) is 5.95 Å². The molecule has 0 saturated heterocycles. The lowest BCUT2D eigenvalue weighted by Crippen LogP contribution is -2.04. The second-order valence-corrected chi connectivity index (χ2v) is 5.90. The number of anilines is 1. The van der Waals surface area contributed by atoms with Gasteiger partial charge >= 0.3 is 0 Å². The fourth-order valence-electron chi connectivity index (χ4n) is 2.59. The van der Waals surface area contributed by atoms with E-state index in [1.54, 1.807) is 17.9 Å². The van der Waals surface area contributed by atoms with Gasteiger partial charge in [-0.2, -0.15) is 4.68 Å². The summed E-state index contributed by atoms with van der Waals surface area (Å²) in [5.41, 5.74) is 3.19. The van der Waals surface area contributed by atoms with Crippen molar-refractivity contribution in [3.05, 3.63) is 65.8 Å². The van der Waals surface area contributed by atoms with E-state index < -0.39 is 0 Å². The first-order valence-corrected chi connectivity index (χ1v) is 8.29. The van der Waals surface area contributed by atoms with Crippen LogP contribution in [0.3, 0.4) is 0 Å². The van der Waals surface area contributed by atoms with Crippen molar-refractivity contribution < 1.29 is 0 Å². The molecule has 0 atom stereocenters. The van der Waals surface area contributed by atoms with Crippen LogP contribution in [0.4, 0.5) is 5.95 Å². The number of nitrogens with zero attached hydrogens (tertiary/aromatic N) is 6. The molecule has 0 radical (unpaired) electrons. The van der Waals surface area contributed by atoms with E-state index in [1.165, 1.54) is 0 Å². The number of hydrogen-bond donors (Lipinski definition) is 1. The van der Waals surface area contributed by atoms with Crippen molar-refractivity contribution in [3.8, 4) is 28.3 Å². The van der Waals surface area contributed by atoms with Crippen LogP contribution in [0.25, 0.3) is 28.3 Å². The Morgan fingerprint density at radius 2 is 1.77 bits per heavy atom. The first kappa shape index (κ1) is 16.2. The molecule has 2 aromatic carbocycles. The van der Waals surface area contributed by atoms with Gasteiger partial charge in [0.25, 0.3) is 0 Å². The van der Waals surface area contributed by atoms with Crippen molar-refractivity contribution in [2.45, 2.75) is 0 Å². The standard InChI is InChI=1S/C18H14ClN7/c1-20-18-21-11-15(16(22-18)12-7-9-13(19)10-8-12)17-23-24-25-26(17)14-5-3-2-4-6-14/h2-11H,1H3,(H,20,21,22). The Bertz CT molecular complexity index is 1030. The van der Waals surface area contributed by atoms with E-state index in [1.807, 2.05) is 54.6 Å². The van der Waals surface area contributed by atoms with Gasteiger partial charge < -0.3 is 5.32 Å². The van der Waals surface area contributed by atoms with Gasteiger partial charge in [-0.05, 0) is 34.7 Å². The molecule has 2 heterocycles. The van der Waals surface area contributed by atoms with Gasteiger partial charge in [0.1, 0.15) is 0 Å². The molecule has 0 aliphatic carbocycles. The Kier molecular flexibility index (Phi) is 4.28.